The van der Waals surface area contributed by atoms with Gasteiger partial charge in [0.2, 0.25) is 11.8 Å². The van der Waals surface area contributed by atoms with Crippen LogP contribution in [-0.4, -0.2) is 27.1 Å². The van der Waals surface area contributed by atoms with Gasteiger partial charge in [-0.25, -0.2) is 0 Å². The number of nitriles is 1. The molecule has 0 aliphatic carbocycles. The van der Waals surface area contributed by atoms with Crippen LogP contribution in [0.1, 0.15) is 36.9 Å². The molecule has 5 rings (SSSR count). The van der Waals surface area contributed by atoms with Gasteiger partial charge in [0, 0.05) is 32.2 Å². The van der Waals surface area contributed by atoms with Crippen LogP contribution in [0.15, 0.2) is 83.9 Å². The van der Waals surface area contributed by atoms with E-state index in [4.69, 9.17) is 4.74 Å². The molecule has 0 N–H and O–H groups in total. The van der Waals surface area contributed by atoms with Crippen LogP contribution in [-0.2, 0) is 19.7 Å². The number of fused-ring (bicyclic) bond motifs is 1. The number of ether oxygens (including phenoxy) is 1. The van der Waals surface area contributed by atoms with Crippen molar-refractivity contribution in [2.45, 2.75) is 45.5 Å². The molecule has 0 unspecified atom stereocenters. The number of para-hydroxylation sites is 2. The van der Waals surface area contributed by atoms with Crippen molar-refractivity contribution >= 4 is 11.0 Å². The molecule has 1 aromatic heterocycles. The summed E-state index contributed by atoms with van der Waals surface area (Å²) < 4.78 is 10.4. The Morgan fingerprint density at radius 2 is 1.57 bits per heavy atom. The van der Waals surface area contributed by atoms with Crippen molar-refractivity contribution in [3.8, 4) is 11.9 Å². The van der Waals surface area contributed by atoms with E-state index in [0.29, 0.717) is 12.6 Å². The number of hydrogen-bond donors (Lipinski definition) is 0. The predicted molar refractivity (Wildman–Crippen MR) is 138 cm³/mol. The molecular formula is C29H31N5O. The van der Waals surface area contributed by atoms with Gasteiger partial charge in [-0.1, -0.05) is 54.6 Å². The van der Waals surface area contributed by atoms with Crippen LogP contribution < -0.4 is 10.4 Å². The molecule has 0 atom stereocenters. The van der Waals surface area contributed by atoms with Gasteiger partial charge in [0.15, 0.2) is 0 Å². The van der Waals surface area contributed by atoms with Gasteiger partial charge in [0.1, 0.15) is 12.4 Å². The Bertz CT molecular complexity index is 1370. The van der Waals surface area contributed by atoms with Gasteiger partial charge in [-0.3, -0.25) is 4.90 Å². The van der Waals surface area contributed by atoms with Crippen LogP contribution >= 0.6 is 0 Å². The predicted octanol–water partition coefficient (Wildman–Crippen LogP) is 5.26. The van der Waals surface area contributed by atoms with Crippen LogP contribution in [0.2, 0.25) is 0 Å². The zero-order valence-corrected chi connectivity index (χ0v) is 20.2. The van der Waals surface area contributed by atoms with Gasteiger partial charge in [0.25, 0.3) is 0 Å². The molecule has 1 saturated heterocycles. The first-order valence-corrected chi connectivity index (χ1v) is 12.4. The van der Waals surface area contributed by atoms with Crippen molar-refractivity contribution in [2.75, 3.05) is 13.1 Å². The van der Waals surface area contributed by atoms with Crippen molar-refractivity contribution < 1.29 is 4.74 Å². The van der Waals surface area contributed by atoms with E-state index in [0.717, 1.165) is 61.4 Å². The quantitative estimate of drug-likeness (QED) is 0.350. The third kappa shape index (κ3) is 5.01. The largest absolute Gasteiger partial charge is 0.489 e. The van der Waals surface area contributed by atoms with Gasteiger partial charge in [-0.05, 0) is 55.2 Å². The number of aryl methyl sites for hydroxylation is 1. The summed E-state index contributed by atoms with van der Waals surface area (Å²) in [5.74, 6) is 0.897. The molecule has 1 aliphatic heterocycles. The summed E-state index contributed by atoms with van der Waals surface area (Å²) in [5, 5.41) is 9.34. The molecule has 1 aliphatic rings. The van der Waals surface area contributed by atoms with E-state index < -0.39 is 0 Å². The second kappa shape index (κ2) is 10.6. The highest BCUT2D eigenvalue weighted by molar-refractivity contribution is 5.76. The molecule has 0 radical (unpaired) electrons. The second-order valence-electron chi connectivity index (χ2n) is 9.04. The summed E-state index contributed by atoms with van der Waals surface area (Å²) >= 11 is 0. The minimum atomic E-state index is 0.338. The second-order valence-corrected chi connectivity index (χ2v) is 9.04. The first-order valence-electron chi connectivity index (χ1n) is 12.4. The molecule has 178 valence electrons. The minimum absolute atomic E-state index is 0.338. The Labute approximate surface area is 206 Å². The first-order chi connectivity index (χ1) is 17.3. The van der Waals surface area contributed by atoms with Gasteiger partial charge in [0.05, 0.1) is 11.0 Å². The average molecular weight is 466 g/mol. The summed E-state index contributed by atoms with van der Waals surface area (Å²) in [4.78, 5) is 6.74. The van der Waals surface area contributed by atoms with Gasteiger partial charge in [-0.15, -0.1) is 4.99 Å². The molecular weight excluding hydrogens is 434 g/mol. The molecule has 1 fully saturated rings. The standard InChI is InChI=1S/C29H31N5O/c1-2-33-27-10-6-7-11-28(27)34(29(33)31-22-30)25-16-18-32(19-17-25)20-23-12-14-26(15-13-23)35-21-24-8-4-3-5-9-24/h3-15,25H,2,16-21H2,1H3/b31-29+. The maximum absolute atomic E-state index is 9.34. The van der Waals surface area contributed by atoms with Crippen molar-refractivity contribution in [1.29, 1.82) is 5.26 Å². The molecule has 0 bridgehead atoms. The Kier molecular flexibility index (Phi) is 6.97. The van der Waals surface area contributed by atoms with Crippen LogP contribution in [0.4, 0.5) is 0 Å². The Hall–Kier alpha value is -3.82. The van der Waals surface area contributed by atoms with E-state index in [1.807, 2.05) is 24.4 Å². The maximum Gasteiger partial charge on any atom is 0.221 e. The molecule has 0 saturated carbocycles. The topological polar surface area (TPSA) is 58.5 Å². The summed E-state index contributed by atoms with van der Waals surface area (Å²) in [5.41, 5.74) is 5.53. The van der Waals surface area contributed by atoms with E-state index in [1.54, 1.807) is 0 Å². The Morgan fingerprint density at radius 3 is 2.26 bits per heavy atom. The number of hydrogen-bond acceptors (Lipinski definition) is 4. The lowest BCUT2D eigenvalue weighted by Crippen LogP contribution is -2.37. The number of piperidine rings is 1. The Balaban J connectivity index is 1.23. The zero-order chi connectivity index (χ0) is 24.0. The maximum atomic E-state index is 9.34. The molecule has 0 amide bonds. The van der Waals surface area contributed by atoms with Gasteiger partial charge >= 0.3 is 0 Å². The fraction of sp³-hybridized carbons (Fsp3) is 0.310. The van der Waals surface area contributed by atoms with E-state index >= 15 is 0 Å². The zero-order valence-electron chi connectivity index (χ0n) is 20.2. The van der Waals surface area contributed by atoms with Crippen molar-refractivity contribution in [3.05, 3.63) is 95.6 Å². The number of aromatic nitrogens is 2. The summed E-state index contributed by atoms with van der Waals surface area (Å²) in [6.07, 6.45) is 4.10. The highest BCUT2D eigenvalue weighted by Crippen LogP contribution is 2.27. The first kappa shape index (κ1) is 22.9. The van der Waals surface area contributed by atoms with E-state index in [-0.39, 0.29) is 0 Å². The number of nitrogens with zero attached hydrogens (tertiary/aromatic N) is 5. The number of imidazole rings is 1. The van der Waals surface area contributed by atoms with Crippen LogP contribution in [0.3, 0.4) is 0 Å². The van der Waals surface area contributed by atoms with Crippen LogP contribution in [0.25, 0.3) is 11.0 Å². The SMILES string of the molecule is CCn1/c(=N\C#N)n(C2CCN(Cc3ccc(OCc4ccccc4)cc3)CC2)c2ccccc21. The van der Waals surface area contributed by atoms with Crippen LogP contribution in [0, 0.1) is 11.5 Å². The molecule has 35 heavy (non-hydrogen) atoms. The van der Waals surface area contributed by atoms with E-state index in [1.165, 1.54) is 11.1 Å². The number of likely N-dealkylation sites (tertiary alicyclic amines) is 1. The summed E-state index contributed by atoms with van der Waals surface area (Å²) in [6.45, 7) is 6.44. The molecule has 3 aromatic carbocycles. The third-order valence-corrected chi connectivity index (χ3v) is 6.86. The van der Waals surface area contributed by atoms with Crippen molar-refractivity contribution in [3.63, 3.8) is 0 Å². The molecule has 2 heterocycles. The average Bonchev–Trinajstić information content (AvgIpc) is 3.22. The van der Waals surface area contributed by atoms with Gasteiger partial charge in [-0.2, -0.15) is 5.26 Å². The normalized spacial score (nSPS) is 15.4. The Morgan fingerprint density at radius 1 is 0.886 bits per heavy atom. The monoisotopic (exact) mass is 465 g/mol. The lowest BCUT2D eigenvalue weighted by atomic mass is 10.0. The minimum Gasteiger partial charge on any atom is -0.489 e. The summed E-state index contributed by atoms with van der Waals surface area (Å²) in [6, 6.07) is 27.4. The number of benzene rings is 3. The third-order valence-electron chi connectivity index (χ3n) is 6.86. The highest BCUT2D eigenvalue weighted by Gasteiger charge is 2.24. The molecule has 0 spiro atoms. The van der Waals surface area contributed by atoms with E-state index in [2.05, 4.69) is 86.6 Å². The van der Waals surface area contributed by atoms with E-state index in [9.17, 15) is 5.26 Å². The van der Waals surface area contributed by atoms with Crippen molar-refractivity contribution in [2.24, 2.45) is 4.99 Å². The lowest BCUT2D eigenvalue weighted by Gasteiger charge is -2.33. The van der Waals surface area contributed by atoms with Gasteiger partial charge < -0.3 is 13.9 Å². The molecule has 4 aromatic rings. The molecule has 6 nitrogen and oxygen atoms in total. The fourth-order valence-electron chi connectivity index (χ4n) is 5.10. The van der Waals surface area contributed by atoms with Crippen LogP contribution in [0.5, 0.6) is 5.75 Å². The lowest BCUT2D eigenvalue weighted by molar-refractivity contribution is 0.179. The highest BCUT2D eigenvalue weighted by atomic mass is 16.5. The molecule has 6 heteroatoms. The fourth-order valence-corrected chi connectivity index (χ4v) is 5.10. The number of rotatable bonds is 7. The smallest absolute Gasteiger partial charge is 0.221 e. The van der Waals surface area contributed by atoms with Crippen molar-refractivity contribution in [1.82, 2.24) is 14.0 Å². The summed E-state index contributed by atoms with van der Waals surface area (Å²) in [7, 11) is 0.